The average molecular weight is 187 g/mol. The molecule has 0 aliphatic carbocycles. The maximum absolute atomic E-state index is 10.9. The van der Waals surface area contributed by atoms with Gasteiger partial charge in [0.1, 0.15) is 5.78 Å². The van der Waals surface area contributed by atoms with Gasteiger partial charge in [-0.1, -0.05) is 13.3 Å². The summed E-state index contributed by atoms with van der Waals surface area (Å²) in [6.45, 7) is 6.91. The number of nitrogens with zero attached hydrogens (tertiary/aromatic N) is 1. The highest BCUT2D eigenvalue weighted by Crippen LogP contribution is 1.95. The predicted molar refractivity (Wildman–Crippen MR) is 53.9 cm³/mol. The lowest BCUT2D eigenvalue weighted by Crippen LogP contribution is -2.32. The second-order valence-corrected chi connectivity index (χ2v) is 3.32. The smallest absolute Gasteiger partial charge is 0.143 e. The lowest BCUT2D eigenvalue weighted by molar-refractivity contribution is -0.118. The van der Waals surface area contributed by atoms with Crippen molar-refractivity contribution < 1.29 is 9.53 Å². The van der Waals surface area contributed by atoms with E-state index in [0.29, 0.717) is 13.2 Å². The molecule has 13 heavy (non-hydrogen) atoms. The van der Waals surface area contributed by atoms with Gasteiger partial charge in [-0.25, -0.2) is 0 Å². The quantitative estimate of drug-likeness (QED) is 0.574. The van der Waals surface area contributed by atoms with Gasteiger partial charge in [0.25, 0.3) is 0 Å². The summed E-state index contributed by atoms with van der Waals surface area (Å²) in [6, 6.07) is 0. The summed E-state index contributed by atoms with van der Waals surface area (Å²) < 4.78 is 4.98. The number of carbonyl (C=O) groups is 1. The van der Waals surface area contributed by atoms with Gasteiger partial charge >= 0.3 is 0 Å². The summed E-state index contributed by atoms with van der Waals surface area (Å²) in [7, 11) is 1.69. The van der Waals surface area contributed by atoms with Crippen molar-refractivity contribution in [2.24, 2.45) is 0 Å². The van der Waals surface area contributed by atoms with Crippen LogP contribution in [0.4, 0.5) is 0 Å². The van der Waals surface area contributed by atoms with Crippen molar-refractivity contribution in [3.05, 3.63) is 0 Å². The molecule has 0 aliphatic heterocycles. The first-order valence-corrected chi connectivity index (χ1v) is 4.91. The molecule has 0 radical (unpaired) electrons. The molecular weight excluding hydrogens is 166 g/mol. The molecule has 0 fully saturated rings. The molecule has 0 aromatic carbocycles. The largest absolute Gasteiger partial charge is 0.383 e. The highest BCUT2D eigenvalue weighted by Gasteiger charge is 2.05. The first-order valence-electron chi connectivity index (χ1n) is 4.91. The maximum atomic E-state index is 10.9. The van der Waals surface area contributed by atoms with Gasteiger partial charge in [0.15, 0.2) is 0 Å². The molecule has 0 N–H and O–H groups in total. The van der Waals surface area contributed by atoms with Crippen LogP contribution in [-0.4, -0.2) is 44.0 Å². The Hall–Kier alpha value is -0.410. The molecule has 0 amide bonds. The number of Topliss-reactive ketones (excluding diaryl/α,β-unsaturated/α-hetero) is 1. The summed E-state index contributed by atoms with van der Waals surface area (Å²) in [5.41, 5.74) is 0. The van der Waals surface area contributed by atoms with E-state index < -0.39 is 0 Å². The molecule has 0 saturated carbocycles. The van der Waals surface area contributed by atoms with E-state index in [0.717, 1.165) is 19.5 Å². The van der Waals surface area contributed by atoms with Crippen LogP contribution >= 0.6 is 0 Å². The molecule has 0 heterocycles. The first kappa shape index (κ1) is 12.6. The van der Waals surface area contributed by atoms with Crippen molar-refractivity contribution in [1.82, 2.24) is 4.90 Å². The van der Waals surface area contributed by atoms with Crippen LogP contribution in [0.3, 0.4) is 0 Å². The van der Waals surface area contributed by atoms with Crippen molar-refractivity contribution in [2.75, 3.05) is 33.4 Å². The lowest BCUT2D eigenvalue weighted by atomic mass is 10.3. The Kier molecular flexibility index (Phi) is 7.94. The van der Waals surface area contributed by atoms with E-state index in [-0.39, 0.29) is 5.78 Å². The van der Waals surface area contributed by atoms with Crippen LogP contribution in [-0.2, 0) is 9.53 Å². The van der Waals surface area contributed by atoms with Crippen molar-refractivity contribution in [1.29, 1.82) is 0 Å². The SMILES string of the molecule is CCCCN(CCOC)CC(C)=O. The molecule has 0 aromatic rings. The maximum Gasteiger partial charge on any atom is 0.143 e. The van der Waals surface area contributed by atoms with Crippen LogP contribution in [0.15, 0.2) is 0 Å². The zero-order valence-corrected chi connectivity index (χ0v) is 9.01. The van der Waals surface area contributed by atoms with Gasteiger partial charge in [-0.15, -0.1) is 0 Å². The molecule has 3 nitrogen and oxygen atoms in total. The monoisotopic (exact) mass is 187 g/mol. The molecule has 0 rings (SSSR count). The third-order valence-corrected chi connectivity index (χ3v) is 1.89. The number of rotatable bonds is 8. The molecule has 3 heteroatoms. The lowest BCUT2D eigenvalue weighted by Gasteiger charge is -2.19. The zero-order chi connectivity index (χ0) is 10.1. The van der Waals surface area contributed by atoms with Gasteiger partial charge in [-0.2, -0.15) is 0 Å². The predicted octanol–water partition coefficient (Wildman–Crippen LogP) is 1.32. The Bertz CT molecular complexity index is 129. The fraction of sp³-hybridized carbons (Fsp3) is 0.900. The van der Waals surface area contributed by atoms with Gasteiger partial charge in [0.05, 0.1) is 13.2 Å². The zero-order valence-electron chi connectivity index (χ0n) is 9.01. The molecule has 0 aliphatic rings. The Labute approximate surface area is 81.1 Å². The molecule has 78 valence electrons. The summed E-state index contributed by atoms with van der Waals surface area (Å²) in [6.07, 6.45) is 2.32. The second-order valence-electron chi connectivity index (χ2n) is 3.32. The van der Waals surface area contributed by atoms with Crippen LogP contribution in [0, 0.1) is 0 Å². The second kappa shape index (κ2) is 8.20. The molecule has 0 aromatic heterocycles. The molecule has 0 spiro atoms. The van der Waals surface area contributed by atoms with Crippen LogP contribution in [0.2, 0.25) is 0 Å². The summed E-state index contributed by atoms with van der Waals surface area (Å²) in [5.74, 6) is 0.229. The van der Waals surface area contributed by atoms with E-state index in [9.17, 15) is 4.79 Å². The number of ketones is 1. The Morgan fingerprint density at radius 2 is 2.08 bits per heavy atom. The standard InChI is InChI=1S/C10H21NO2/c1-4-5-6-11(7-8-13-3)9-10(2)12/h4-9H2,1-3H3. The van der Waals surface area contributed by atoms with Crippen LogP contribution in [0.5, 0.6) is 0 Å². The molecule has 0 saturated heterocycles. The third-order valence-electron chi connectivity index (χ3n) is 1.89. The van der Waals surface area contributed by atoms with Crippen molar-refractivity contribution in [3.63, 3.8) is 0 Å². The van der Waals surface area contributed by atoms with Crippen LogP contribution in [0.1, 0.15) is 26.7 Å². The number of methoxy groups -OCH3 is 1. The van der Waals surface area contributed by atoms with Gasteiger partial charge < -0.3 is 4.74 Å². The van der Waals surface area contributed by atoms with Crippen LogP contribution < -0.4 is 0 Å². The molecular formula is C10H21NO2. The van der Waals surface area contributed by atoms with Gasteiger partial charge in [0, 0.05) is 13.7 Å². The normalized spacial score (nSPS) is 10.8. The minimum absolute atomic E-state index is 0.229. The number of unbranched alkanes of at least 4 members (excludes halogenated alkanes) is 1. The Morgan fingerprint density at radius 3 is 2.54 bits per heavy atom. The molecule has 0 bridgehead atoms. The van der Waals surface area contributed by atoms with E-state index in [1.165, 1.54) is 6.42 Å². The van der Waals surface area contributed by atoms with Crippen molar-refractivity contribution >= 4 is 5.78 Å². The summed E-state index contributed by atoms with van der Waals surface area (Å²) in [4.78, 5) is 13.0. The topological polar surface area (TPSA) is 29.5 Å². The number of hydrogen-bond acceptors (Lipinski definition) is 3. The average Bonchev–Trinajstić information content (AvgIpc) is 2.09. The highest BCUT2D eigenvalue weighted by atomic mass is 16.5. The first-order chi connectivity index (χ1) is 6.20. The molecule has 0 atom stereocenters. The summed E-state index contributed by atoms with van der Waals surface area (Å²) in [5, 5.41) is 0. The fourth-order valence-corrected chi connectivity index (χ4v) is 1.19. The minimum atomic E-state index is 0.229. The number of carbonyl (C=O) groups excluding carboxylic acids is 1. The van der Waals surface area contributed by atoms with Gasteiger partial charge in [-0.05, 0) is 19.9 Å². The number of ether oxygens (including phenoxy) is 1. The minimum Gasteiger partial charge on any atom is -0.383 e. The van der Waals surface area contributed by atoms with E-state index in [4.69, 9.17) is 4.74 Å². The summed E-state index contributed by atoms with van der Waals surface area (Å²) >= 11 is 0. The van der Waals surface area contributed by atoms with E-state index in [2.05, 4.69) is 11.8 Å². The van der Waals surface area contributed by atoms with Crippen molar-refractivity contribution in [3.8, 4) is 0 Å². The van der Waals surface area contributed by atoms with E-state index in [1.807, 2.05) is 0 Å². The van der Waals surface area contributed by atoms with Crippen LogP contribution in [0.25, 0.3) is 0 Å². The van der Waals surface area contributed by atoms with E-state index >= 15 is 0 Å². The highest BCUT2D eigenvalue weighted by molar-refractivity contribution is 5.77. The van der Waals surface area contributed by atoms with Crippen molar-refractivity contribution in [2.45, 2.75) is 26.7 Å². The fourth-order valence-electron chi connectivity index (χ4n) is 1.19. The third kappa shape index (κ3) is 7.94. The molecule has 0 unspecified atom stereocenters. The van der Waals surface area contributed by atoms with Gasteiger partial charge in [-0.3, -0.25) is 9.69 Å². The van der Waals surface area contributed by atoms with E-state index in [1.54, 1.807) is 14.0 Å². The Balaban J connectivity index is 3.66. The van der Waals surface area contributed by atoms with Gasteiger partial charge in [0.2, 0.25) is 0 Å². The number of hydrogen-bond donors (Lipinski definition) is 0. The Morgan fingerprint density at radius 1 is 1.38 bits per heavy atom.